The van der Waals surface area contributed by atoms with Crippen LogP contribution in [-0.4, -0.2) is 25.3 Å². The quantitative estimate of drug-likeness (QED) is 0.620. The number of Topliss-reactive ketones (excluding diaryl/α,β-unsaturated/α-hetero) is 2. The van der Waals surface area contributed by atoms with Gasteiger partial charge in [-0.1, -0.05) is 37.3 Å². The van der Waals surface area contributed by atoms with E-state index in [0.29, 0.717) is 13.0 Å². The molecule has 102 valence electrons. The molecule has 0 spiro atoms. The summed E-state index contributed by atoms with van der Waals surface area (Å²) >= 11 is 0. The number of carbonyl (C=O) groups excluding carboxylic acids is 2. The summed E-state index contributed by atoms with van der Waals surface area (Å²) in [6.45, 7) is 2.43. The van der Waals surface area contributed by atoms with Gasteiger partial charge in [0, 0.05) is 19.4 Å². The van der Waals surface area contributed by atoms with Crippen LogP contribution >= 0.6 is 0 Å². The third-order valence-corrected chi connectivity index (χ3v) is 4.07. The van der Waals surface area contributed by atoms with Gasteiger partial charge in [0.1, 0.15) is 11.6 Å². The second-order valence-corrected chi connectivity index (χ2v) is 5.31. The lowest BCUT2D eigenvalue weighted by Crippen LogP contribution is -2.27. The second-order valence-electron chi connectivity index (χ2n) is 5.31. The Morgan fingerprint density at radius 3 is 2.53 bits per heavy atom. The van der Waals surface area contributed by atoms with Gasteiger partial charge in [-0.2, -0.15) is 0 Å². The van der Waals surface area contributed by atoms with Crippen LogP contribution in [0.2, 0.25) is 0 Å². The summed E-state index contributed by atoms with van der Waals surface area (Å²) in [4.78, 5) is 23.9. The van der Waals surface area contributed by atoms with Crippen LogP contribution in [0.4, 0.5) is 0 Å². The second kappa shape index (κ2) is 6.11. The molecule has 0 saturated heterocycles. The Kier molecular flexibility index (Phi) is 4.48. The molecule has 0 N–H and O–H groups in total. The van der Waals surface area contributed by atoms with Gasteiger partial charge in [-0.3, -0.25) is 9.59 Å². The minimum absolute atomic E-state index is 0.0457. The zero-order valence-corrected chi connectivity index (χ0v) is 11.5. The van der Waals surface area contributed by atoms with Crippen molar-refractivity contribution < 1.29 is 14.3 Å². The summed E-state index contributed by atoms with van der Waals surface area (Å²) in [5.41, 5.74) is 1.12. The largest absolute Gasteiger partial charge is 0.384 e. The fourth-order valence-corrected chi connectivity index (χ4v) is 2.93. The van der Waals surface area contributed by atoms with Gasteiger partial charge in [0.2, 0.25) is 0 Å². The molecular weight excluding hydrogens is 240 g/mol. The highest BCUT2D eigenvalue weighted by Crippen LogP contribution is 2.37. The molecule has 2 rings (SSSR count). The van der Waals surface area contributed by atoms with E-state index in [1.807, 2.05) is 37.3 Å². The van der Waals surface area contributed by atoms with Crippen LogP contribution in [0.5, 0.6) is 0 Å². The van der Waals surface area contributed by atoms with Crippen molar-refractivity contribution in [3.05, 3.63) is 35.9 Å². The maximum atomic E-state index is 12.0. The van der Waals surface area contributed by atoms with Crippen molar-refractivity contribution in [2.75, 3.05) is 13.7 Å². The summed E-state index contributed by atoms with van der Waals surface area (Å²) in [6, 6.07) is 9.97. The molecule has 0 heterocycles. The van der Waals surface area contributed by atoms with E-state index in [2.05, 4.69) is 0 Å². The van der Waals surface area contributed by atoms with Crippen molar-refractivity contribution in [2.24, 2.45) is 11.8 Å². The minimum atomic E-state index is -0.128. The predicted octanol–water partition coefficient (Wildman–Crippen LogP) is 2.60. The maximum absolute atomic E-state index is 12.0. The fourth-order valence-electron chi connectivity index (χ4n) is 2.93. The topological polar surface area (TPSA) is 43.4 Å². The number of benzene rings is 1. The monoisotopic (exact) mass is 260 g/mol. The molecule has 3 nitrogen and oxygen atoms in total. The van der Waals surface area contributed by atoms with Crippen LogP contribution in [0.15, 0.2) is 30.3 Å². The fraction of sp³-hybridized carbons (Fsp3) is 0.500. The number of hydrogen-bond acceptors (Lipinski definition) is 3. The number of hydrogen-bond donors (Lipinski definition) is 0. The van der Waals surface area contributed by atoms with Crippen molar-refractivity contribution >= 4 is 11.6 Å². The van der Waals surface area contributed by atoms with Crippen molar-refractivity contribution in [1.29, 1.82) is 0 Å². The predicted molar refractivity (Wildman–Crippen MR) is 73.0 cm³/mol. The molecular formula is C16H20O3. The standard InChI is InChI=1S/C16H20O3/c1-11-15(10-19-2)14(8-13(17)9-16(11)18)12-6-4-3-5-7-12/h3-7,11,14-15H,8-10H2,1-2H3. The van der Waals surface area contributed by atoms with Crippen LogP contribution in [0.25, 0.3) is 0 Å². The molecule has 0 radical (unpaired) electrons. The Labute approximate surface area is 114 Å². The van der Waals surface area contributed by atoms with Crippen LogP contribution in [0.3, 0.4) is 0 Å². The highest BCUT2D eigenvalue weighted by Gasteiger charge is 2.37. The molecule has 1 aromatic rings. The van der Waals surface area contributed by atoms with Gasteiger partial charge >= 0.3 is 0 Å². The Hall–Kier alpha value is -1.48. The van der Waals surface area contributed by atoms with E-state index >= 15 is 0 Å². The smallest absolute Gasteiger partial charge is 0.143 e. The first kappa shape index (κ1) is 13.9. The van der Waals surface area contributed by atoms with Crippen LogP contribution < -0.4 is 0 Å². The van der Waals surface area contributed by atoms with Crippen molar-refractivity contribution in [3.63, 3.8) is 0 Å². The van der Waals surface area contributed by atoms with Crippen molar-refractivity contribution in [2.45, 2.75) is 25.7 Å². The highest BCUT2D eigenvalue weighted by atomic mass is 16.5. The Morgan fingerprint density at radius 2 is 1.89 bits per heavy atom. The Bertz CT molecular complexity index is 452. The van der Waals surface area contributed by atoms with Crippen molar-refractivity contribution in [1.82, 2.24) is 0 Å². The number of ether oxygens (including phenoxy) is 1. The molecule has 1 saturated carbocycles. The van der Waals surface area contributed by atoms with E-state index in [-0.39, 0.29) is 35.7 Å². The maximum Gasteiger partial charge on any atom is 0.143 e. The molecule has 1 fully saturated rings. The average molecular weight is 260 g/mol. The normalized spacial score (nSPS) is 28.2. The van der Waals surface area contributed by atoms with Crippen molar-refractivity contribution in [3.8, 4) is 0 Å². The van der Waals surface area contributed by atoms with Gasteiger partial charge in [-0.05, 0) is 17.4 Å². The number of rotatable bonds is 3. The van der Waals surface area contributed by atoms with E-state index in [0.717, 1.165) is 5.56 Å². The van der Waals surface area contributed by atoms with Gasteiger partial charge in [0.15, 0.2) is 0 Å². The van der Waals surface area contributed by atoms with E-state index in [9.17, 15) is 9.59 Å². The van der Waals surface area contributed by atoms with E-state index in [1.165, 1.54) is 0 Å². The Balaban J connectivity index is 2.35. The Morgan fingerprint density at radius 1 is 1.21 bits per heavy atom. The summed E-state index contributed by atoms with van der Waals surface area (Å²) in [5.74, 6) is 0.118. The first-order valence-electron chi connectivity index (χ1n) is 6.71. The highest BCUT2D eigenvalue weighted by molar-refractivity contribution is 6.01. The SMILES string of the molecule is COCC1C(C)C(=O)CC(=O)CC1c1ccccc1. The van der Waals surface area contributed by atoms with Crippen LogP contribution in [-0.2, 0) is 14.3 Å². The summed E-state index contributed by atoms with van der Waals surface area (Å²) < 4.78 is 5.28. The van der Waals surface area contributed by atoms with Gasteiger partial charge in [0.05, 0.1) is 13.0 Å². The molecule has 3 unspecified atom stereocenters. The van der Waals surface area contributed by atoms with Gasteiger partial charge in [-0.25, -0.2) is 0 Å². The molecule has 19 heavy (non-hydrogen) atoms. The molecule has 1 aliphatic carbocycles. The van der Waals surface area contributed by atoms with E-state index in [1.54, 1.807) is 7.11 Å². The zero-order valence-electron chi connectivity index (χ0n) is 11.5. The summed E-state index contributed by atoms with van der Waals surface area (Å²) in [6.07, 6.45) is 0.513. The minimum Gasteiger partial charge on any atom is -0.384 e. The number of methoxy groups -OCH3 is 1. The summed E-state index contributed by atoms with van der Waals surface area (Å²) in [7, 11) is 1.64. The molecule has 3 heteroatoms. The summed E-state index contributed by atoms with van der Waals surface area (Å²) in [5, 5.41) is 0. The lowest BCUT2D eigenvalue weighted by molar-refractivity contribution is -0.128. The molecule has 1 aliphatic rings. The van der Waals surface area contributed by atoms with E-state index in [4.69, 9.17) is 4.74 Å². The average Bonchev–Trinajstić information content (AvgIpc) is 2.52. The number of ketones is 2. The lowest BCUT2D eigenvalue weighted by atomic mass is 9.78. The van der Waals surface area contributed by atoms with E-state index < -0.39 is 0 Å². The number of carbonyl (C=O) groups is 2. The third-order valence-electron chi connectivity index (χ3n) is 4.07. The van der Waals surface area contributed by atoms with Gasteiger partial charge < -0.3 is 4.74 Å². The molecule has 0 aromatic heterocycles. The lowest BCUT2D eigenvalue weighted by Gasteiger charge is -2.28. The molecule has 0 amide bonds. The van der Waals surface area contributed by atoms with Crippen LogP contribution in [0, 0.1) is 11.8 Å². The first-order chi connectivity index (χ1) is 9.13. The third kappa shape index (κ3) is 3.10. The molecule has 1 aromatic carbocycles. The molecule has 3 atom stereocenters. The molecule has 0 aliphatic heterocycles. The van der Waals surface area contributed by atoms with Gasteiger partial charge in [0.25, 0.3) is 0 Å². The van der Waals surface area contributed by atoms with Gasteiger partial charge in [-0.15, -0.1) is 0 Å². The zero-order chi connectivity index (χ0) is 13.8. The first-order valence-corrected chi connectivity index (χ1v) is 6.71. The van der Waals surface area contributed by atoms with Crippen LogP contribution in [0.1, 0.15) is 31.2 Å². The molecule has 0 bridgehead atoms.